The summed E-state index contributed by atoms with van der Waals surface area (Å²) in [7, 11) is 0. The molecule has 108 valence electrons. The number of aryl methyl sites for hydroxylation is 1. The summed E-state index contributed by atoms with van der Waals surface area (Å²) in [6, 6.07) is 0.629. The molecule has 1 fully saturated rings. The van der Waals surface area contributed by atoms with Crippen molar-refractivity contribution in [1.82, 2.24) is 9.55 Å². The molecule has 1 heterocycles. The predicted octanol–water partition coefficient (Wildman–Crippen LogP) is 4.40. The van der Waals surface area contributed by atoms with E-state index in [4.69, 9.17) is 0 Å². The van der Waals surface area contributed by atoms with E-state index in [1.807, 2.05) is 0 Å². The molecule has 0 aliphatic heterocycles. The molecule has 3 heteroatoms. The predicted molar refractivity (Wildman–Crippen MR) is 81.6 cm³/mol. The highest BCUT2D eigenvalue weighted by Crippen LogP contribution is 2.41. The Morgan fingerprint density at radius 1 is 1.37 bits per heavy atom. The van der Waals surface area contributed by atoms with Crippen LogP contribution in [0, 0.1) is 18.3 Å². The molecule has 1 aromatic rings. The van der Waals surface area contributed by atoms with Crippen LogP contribution in [0.5, 0.6) is 0 Å². The van der Waals surface area contributed by atoms with Crippen molar-refractivity contribution in [3.05, 3.63) is 11.9 Å². The number of imidazole rings is 1. The minimum Gasteiger partial charge on any atom is -0.355 e. The monoisotopic (exact) mass is 263 g/mol. The molecule has 1 N–H and O–H groups in total. The van der Waals surface area contributed by atoms with E-state index in [1.165, 1.54) is 25.7 Å². The molecule has 0 atom stereocenters. The number of nitrogens with one attached hydrogen (secondary N) is 1. The quantitative estimate of drug-likeness (QED) is 0.872. The fourth-order valence-corrected chi connectivity index (χ4v) is 2.88. The maximum atomic E-state index is 4.65. The molecule has 0 bridgehead atoms. The molecule has 0 aromatic carbocycles. The van der Waals surface area contributed by atoms with Crippen LogP contribution >= 0.6 is 0 Å². The molecule has 0 amide bonds. The standard InChI is InChI=1S/C16H29N3/c1-12(2)10-17-15-18-13(3)11-19(15)14-6-8-16(4,5)9-7-14/h11-12,14H,6-10H2,1-5H3,(H,17,18). The molecule has 1 aliphatic carbocycles. The second-order valence-electron chi connectivity index (χ2n) is 7.28. The highest BCUT2D eigenvalue weighted by Gasteiger charge is 2.28. The van der Waals surface area contributed by atoms with Gasteiger partial charge < -0.3 is 9.88 Å². The van der Waals surface area contributed by atoms with Crippen molar-refractivity contribution < 1.29 is 0 Å². The van der Waals surface area contributed by atoms with Crippen molar-refractivity contribution >= 4 is 5.95 Å². The molecule has 1 aliphatic rings. The fourth-order valence-electron chi connectivity index (χ4n) is 2.88. The SMILES string of the molecule is Cc1cn(C2CCC(C)(C)CC2)c(NCC(C)C)n1. The van der Waals surface area contributed by atoms with E-state index < -0.39 is 0 Å². The van der Waals surface area contributed by atoms with Crippen molar-refractivity contribution in [3.63, 3.8) is 0 Å². The molecule has 0 radical (unpaired) electrons. The van der Waals surface area contributed by atoms with Crippen LogP contribution in [0.4, 0.5) is 5.95 Å². The summed E-state index contributed by atoms with van der Waals surface area (Å²) in [5.74, 6) is 1.71. The van der Waals surface area contributed by atoms with E-state index in [1.54, 1.807) is 0 Å². The molecule has 19 heavy (non-hydrogen) atoms. The van der Waals surface area contributed by atoms with E-state index in [0.29, 0.717) is 17.4 Å². The Bertz CT molecular complexity index is 408. The number of aromatic nitrogens is 2. The van der Waals surface area contributed by atoms with Crippen LogP contribution in [0.2, 0.25) is 0 Å². The van der Waals surface area contributed by atoms with Gasteiger partial charge >= 0.3 is 0 Å². The first-order valence-corrected chi connectivity index (χ1v) is 7.67. The van der Waals surface area contributed by atoms with E-state index >= 15 is 0 Å². The fraction of sp³-hybridized carbons (Fsp3) is 0.812. The zero-order valence-electron chi connectivity index (χ0n) is 13.2. The lowest BCUT2D eigenvalue weighted by Gasteiger charge is -2.35. The maximum Gasteiger partial charge on any atom is 0.203 e. The molecule has 3 nitrogen and oxygen atoms in total. The number of anilines is 1. The highest BCUT2D eigenvalue weighted by molar-refractivity contribution is 5.29. The molecule has 1 saturated carbocycles. The zero-order chi connectivity index (χ0) is 14.0. The van der Waals surface area contributed by atoms with Gasteiger partial charge in [0.1, 0.15) is 0 Å². The molecular formula is C16H29N3. The molecule has 0 saturated heterocycles. The summed E-state index contributed by atoms with van der Waals surface area (Å²) in [5, 5.41) is 3.50. The Balaban J connectivity index is 2.07. The van der Waals surface area contributed by atoms with Crippen LogP contribution in [-0.4, -0.2) is 16.1 Å². The number of hydrogen-bond acceptors (Lipinski definition) is 2. The van der Waals surface area contributed by atoms with Gasteiger partial charge in [-0.3, -0.25) is 0 Å². The van der Waals surface area contributed by atoms with E-state index in [2.05, 4.69) is 55.7 Å². The van der Waals surface area contributed by atoms with Gasteiger partial charge in [-0.25, -0.2) is 4.98 Å². The van der Waals surface area contributed by atoms with E-state index in [9.17, 15) is 0 Å². The minimum atomic E-state index is 0.525. The normalized spacial score (nSPS) is 19.9. The van der Waals surface area contributed by atoms with Crippen molar-refractivity contribution in [2.24, 2.45) is 11.3 Å². The highest BCUT2D eigenvalue weighted by atomic mass is 15.2. The smallest absolute Gasteiger partial charge is 0.203 e. The second kappa shape index (κ2) is 5.56. The van der Waals surface area contributed by atoms with Crippen molar-refractivity contribution in [2.45, 2.75) is 66.3 Å². The first-order chi connectivity index (χ1) is 8.87. The van der Waals surface area contributed by atoms with E-state index in [0.717, 1.165) is 18.2 Å². The summed E-state index contributed by atoms with van der Waals surface area (Å²) >= 11 is 0. The van der Waals surface area contributed by atoms with Crippen LogP contribution in [0.25, 0.3) is 0 Å². The first-order valence-electron chi connectivity index (χ1n) is 7.67. The summed E-state index contributed by atoms with van der Waals surface area (Å²) in [5.41, 5.74) is 1.65. The Labute approximate surface area is 117 Å². The van der Waals surface area contributed by atoms with Crippen molar-refractivity contribution in [1.29, 1.82) is 0 Å². The molecular weight excluding hydrogens is 234 g/mol. The lowest BCUT2D eigenvalue weighted by molar-refractivity contribution is 0.194. The van der Waals surface area contributed by atoms with Gasteiger partial charge in [-0.1, -0.05) is 27.7 Å². The average molecular weight is 263 g/mol. The minimum absolute atomic E-state index is 0.525. The summed E-state index contributed by atoms with van der Waals surface area (Å²) in [6.45, 7) is 12.3. The third-order valence-electron chi connectivity index (χ3n) is 4.22. The van der Waals surface area contributed by atoms with Crippen LogP contribution in [0.15, 0.2) is 6.20 Å². The third kappa shape index (κ3) is 3.74. The van der Waals surface area contributed by atoms with Gasteiger partial charge in [0, 0.05) is 18.8 Å². The average Bonchev–Trinajstić information content (AvgIpc) is 2.68. The van der Waals surface area contributed by atoms with Gasteiger partial charge in [0.05, 0.1) is 5.69 Å². The van der Waals surface area contributed by atoms with E-state index in [-0.39, 0.29) is 0 Å². The van der Waals surface area contributed by atoms with Crippen molar-refractivity contribution in [3.8, 4) is 0 Å². The van der Waals surface area contributed by atoms with Crippen LogP contribution in [-0.2, 0) is 0 Å². The summed E-state index contributed by atoms with van der Waals surface area (Å²) in [6.07, 6.45) is 7.40. The third-order valence-corrected chi connectivity index (χ3v) is 4.22. The Morgan fingerprint density at radius 3 is 2.58 bits per heavy atom. The Kier molecular flexibility index (Phi) is 4.22. The van der Waals surface area contributed by atoms with Gasteiger partial charge in [-0.15, -0.1) is 0 Å². The molecule has 0 unspecified atom stereocenters. The first kappa shape index (κ1) is 14.4. The largest absolute Gasteiger partial charge is 0.355 e. The Morgan fingerprint density at radius 2 is 2.00 bits per heavy atom. The van der Waals surface area contributed by atoms with Crippen LogP contribution in [0.3, 0.4) is 0 Å². The topological polar surface area (TPSA) is 29.9 Å². The molecule has 0 spiro atoms. The second-order valence-corrected chi connectivity index (χ2v) is 7.28. The van der Waals surface area contributed by atoms with Gasteiger partial charge in [-0.2, -0.15) is 0 Å². The van der Waals surface area contributed by atoms with Gasteiger partial charge in [0.25, 0.3) is 0 Å². The van der Waals surface area contributed by atoms with Gasteiger partial charge in [0.15, 0.2) is 0 Å². The lowest BCUT2D eigenvalue weighted by Crippen LogP contribution is -2.24. The number of nitrogens with zero attached hydrogens (tertiary/aromatic N) is 2. The molecule has 2 rings (SSSR count). The summed E-state index contributed by atoms with van der Waals surface area (Å²) in [4.78, 5) is 4.65. The Hall–Kier alpha value is -0.990. The van der Waals surface area contributed by atoms with Crippen molar-refractivity contribution in [2.75, 3.05) is 11.9 Å². The van der Waals surface area contributed by atoms with Crippen LogP contribution < -0.4 is 5.32 Å². The number of hydrogen-bond donors (Lipinski definition) is 1. The zero-order valence-corrected chi connectivity index (χ0v) is 13.2. The molecule has 1 aromatic heterocycles. The van der Waals surface area contributed by atoms with Gasteiger partial charge in [0.2, 0.25) is 5.95 Å². The maximum absolute atomic E-state index is 4.65. The van der Waals surface area contributed by atoms with Gasteiger partial charge in [-0.05, 0) is 43.9 Å². The van der Waals surface area contributed by atoms with Crippen LogP contribution in [0.1, 0.15) is 65.1 Å². The lowest BCUT2D eigenvalue weighted by atomic mass is 9.75. The summed E-state index contributed by atoms with van der Waals surface area (Å²) < 4.78 is 2.38. The number of rotatable bonds is 4.